The van der Waals surface area contributed by atoms with E-state index in [1.807, 2.05) is 19.2 Å². The molecule has 0 nitrogen and oxygen atoms in total. The number of alkyl halides is 18. The van der Waals surface area contributed by atoms with E-state index in [4.69, 9.17) is 17.0 Å². The normalized spacial score (nSPS) is 19.8. The molecule has 7 rings (SSSR count). The fraction of sp³-hybridized carbons (Fsp3) is 0.404. The Kier molecular flexibility index (Phi) is 13.4. The molecule has 375 valence electrons. The van der Waals surface area contributed by atoms with E-state index in [0.717, 1.165) is 49.1 Å². The van der Waals surface area contributed by atoms with Crippen molar-refractivity contribution in [3.05, 3.63) is 129 Å². The number of benzene rings is 4. The maximum atomic E-state index is 14.1. The molecule has 3 aliphatic rings. The van der Waals surface area contributed by atoms with Crippen LogP contribution in [0.5, 0.6) is 0 Å². The van der Waals surface area contributed by atoms with E-state index in [9.17, 15) is 79.0 Å². The van der Waals surface area contributed by atoms with Crippen LogP contribution in [0.1, 0.15) is 79.7 Å². The Morgan fingerprint density at radius 2 is 0.812 bits per heavy atom. The molecule has 4 aromatic carbocycles. The van der Waals surface area contributed by atoms with Gasteiger partial charge in [0.25, 0.3) is 0 Å². The molecule has 0 amide bonds. The zero-order valence-electron chi connectivity index (χ0n) is 36.1. The summed E-state index contributed by atoms with van der Waals surface area (Å²) in [6.45, 7) is 5.67. The standard InChI is InChI=1S/C25H20F9.C20H12F9.C2H7Si.2ClH.Zr/c26-23(27,28)22(24(29,30)31,25(32,33)34)19-11-9-16(10-12-19)20-8-4-7-17-13-18(14-21(17)20)15-5-2-1-3-6-15;1-11-9-13-3-2-4-15(16(13)10-11)12-5-7-14(8-6-12)17(18(21,22)23,19(24,25)26)20(27,28)29;1-3-2;;;/h4,7-15H,1-3,5-6H2;2-10H,1H3;3H,1-2H3;2*1H;/q;;;;;+2/p-2. The van der Waals surface area contributed by atoms with Crippen LogP contribution in [-0.2, 0) is 26.4 Å². The van der Waals surface area contributed by atoms with Gasteiger partial charge in [-0.1, -0.05) is 0 Å². The summed E-state index contributed by atoms with van der Waals surface area (Å²) in [6.07, 6.45) is -33.5. The van der Waals surface area contributed by atoms with E-state index >= 15 is 0 Å². The van der Waals surface area contributed by atoms with Crippen molar-refractivity contribution in [1.82, 2.24) is 0 Å². The van der Waals surface area contributed by atoms with Crippen LogP contribution in [-0.4, -0.2) is 43.0 Å². The van der Waals surface area contributed by atoms with Crippen LogP contribution in [0.2, 0.25) is 13.1 Å². The van der Waals surface area contributed by atoms with E-state index in [-0.39, 0.29) is 52.4 Å². The Hall–Kier alpha value is -3.22. The fourth-order valence-corrected chi connectivity index (χ4v) is 43.2. The molecule has 0 radical (unpaired) electrons. The summed E-state index contributed by atoms with van der Waals surface area (Å²) >= 11 is -5.79. The van der Waals surface area contributed by atoms with Crippen LogP contribution in [0.3, 0.4) is 0 Å². The maximum absolute atomic E-state index is 14.1. The van der Waals surface area contributed by atoms with Gasteiger partial charge in [0, 0.05) is 0 Å². The second kappa shape index (κ2) is 17.2. The Morgan fingerprint density at radius 3 is 1.16 bits per heavy atom. The van der Waals surface area contributed by atoms with Crippen LogP contribution < -0.4 is 0 Å². The minimum absolute atomic E-state index is 0.00689. The van der Waals surface area contributed by atoms with Crippen LogP contribution in [0.4, 0.5) is 79.0 Å². The molecule has 0 heterocycles. The van der Waals surface area contributed by atoms with Crippen molar-refractivity contribution in [2.45, 2.75) is 107 Å². The molecule has 0 spiro atoms. The summed E-state index contributed by atoms with van der Waals surface area (Å²) in [7, 11) is 16.8. The van der Waals surface area contributed by atoms with Gasteiger partial charge < -0.3 is 0 Å². The monoisotopic (exact) mass is 1130 g/mol. The van der Waals surface area contributed by atoms with Gasteiger partial charge in [0.1, 0.15) is 0 Å². The molecular weight excluding hydrogens is 1100 g/mol. The summed E-state index contributed by atoms with van der Waals surface area (Å²) in [5.74, 6) is -2.49. The molecule has 1 saturated carbocycles. The van der Waals surface area contributed by atoms with Gasteiger partial charge in [-0.15, -0.1) is 0 Å². The van der Waals surface area contributed by atoms with Crippen molar-refractivity contribution in [2.24, 2.45) is 5.92 Å². The van der Waals surface area contributed by atoms with Crippen molar-refractivity contribution in [1.29, 1.82) is 0 Å². The SMILES string of the molecule is CC1=Cc2c(-c3ccc(C(C(F)(F)F)(C(F)(F)F)C(F)(F)F)cc3)cccc2[CH]1[Zr]([Cl])([Cl])([CH]1C(C2CCCCC2)=Cc2c(-c3ccc(C(C(F)(F)F)(C(F)(F)F)C(F)(F)F)cc3)cccc21)[SiH](C)C. The number of hydrogen-bond acceptors (Lipinski definition) is 0. The molecule has 0 N–H and O–H groups in total. The Morgan fingerprint density at radius 1 is 0.464 bits per heavy atom. The van der Waals surface area contributed by atoms with E-state index in [1.165, 1.54) is 12.1 Å². The molecule has 0 bridgehead atoms. The predicted molar refractivity (Wildman–Crippen MR) is 228 cm³/mol. The molecule has 22 heteroatoms. The van der Waals surface area contributed by atoms with E-state index in [2.05, 4.69) is 0 Å². The molecular formula is C47H39Cl2F18SiZr. The fourth-order valence-electron chi connectivity index (χ4n) is 11.2. The summed E-state index contributed by atoms with van der Waals surface area (Å²) in [4.78, 5) is 0. The quantitative estimate of drug-likeness (QED) is 0.122. The molecule has 2 atom stereocenters. The van der Waals surface area contributed by atoms with E-state index in [1.54, 1.807) is 37.3 Å². The number of hydrogen-bond donors (Lipinski definition) is 0. The van der Waals surface area contributed by atoms with Gasteiger partial charge in [-0.25, -0.2) is 0 Å². The van der Waals surface area contributed by atoms with Gasteiger partial charge in [-0.05, 0) is 0 Å². The van der Waals surface area contributed by atoms with Crippen LogP contribution in [0, 0.1) is 5.92 Å². The van der Waals surface area contributed by atoms with Gasteiger partial charge >= 0.3 is 395 Å². The number of rotatable bonds is 8. The zero-order chi connectivity index (χ0) is 51.5. The molecule has 69 heavy (non-hydrogen) atoms. The average molecular weight is 1140 g/mol. The predicted octanol–water partition coefficient (Wildman–Crippen LogP) is 18.0. The van der Waals surface area contributed by atoms with Crippen molar-refractivity contribution in [2.75, 3.05) is 0 Å². The van der Waals surface area contributed by atoms with E-state index < -0.39 is 87.7 Å². The van der Waals surface area contributed by atoms with Gasteiger partial charge in [0.2, 0.25) is 0 Å². The van der Waals surface area contributed by atoms with Gasteiger partial charge in [0.05, 0.1) is 0 Å². The second-order valence-electron chi connectivity index (χ2n) is 18.4. The first-order chi connectivity index (χ1) is 31.5. The average Bonchev–Trinajstić information content (AvgIpc) is 3.78. The third-order valence-corrected chi connectivity index (χ3v) is 66.4. The Labute approximate surface area is 392 Å². The van der Waals surface area contributed by atoms with Gasteiger partial charge in [-0.3, -0.25) is 0 Å². The van der Waals surface area contributed by atoms with Crippen molar-refractivity contribution in [3.8, 4) is 22.3 Å². The van der Waals surface area contributed by atoms with Gasteiger partial charge in [0.15, 0.2) is 0 Å². The number of halogens is 20. The first-order valence-corrected chi connectivity index (χ1v) is 37.7. The Balaban J connectivity index is 1.38. The summed E-state index contributed by atoms with van der Waals surface area (Å²) < 4.78 is 252. The van der Waals surface area contributed by atoms with Crippen molar-refractivity contribution < 1.29 is 94.6 Å². The topological polar surface area (TPSA) is 0 Å². The number of fused-ring (bicyclic) bond motifs is 2. The van der Waals surface area contributed by atoms with Crippen LogP contribution in [0.25, 0.3) is 34.4 Å². The van der Waals surface area contributed by atoms with Gasteiger partial charge in [-0.2, -0.15) is 0 Å². The van der Waals surface area contributed by atoms with Crippen molar-refractivity contribution >= 4 is 35.1 Å². The Bertz CT molecular complexity index is 2590. The van der Waals surface area contributed by atoms with Crippen molar-refractivity contribution in [3.63, 3.8) is 0 Å². The molecule has 1 fully saturated rings. The molecule has 0 saturated heterocycles. The first-order valence-electron chi connectivity index (χ1n) is 21.3. The molecule has 2 unspecified atom stereocenters. The summed E-state index contributed by atoms with van der Waals surface area (Å²) in [5.41, 5.74) is -12.6. The zero-order valence-corrected chi connectivity index (χ0v) is 41.3. The third-order valence-electron chi connectivity index (χ3n) is 14.5. The molecule has 3 aliphatic carbocycles. The second-order valence-corrected chi connectivity index (χ2v) is 60.9. The number of allylic oxidation sites excluding steroid dienone is 2. The summed E-state index contributed by atoms with van der Waals surface area (Å²) in [6, 6.07) is 13.2. The summed E-state index contributed by atoms with van der Waals surface area (Å²) in [5, 5.41) is 0. The van der Waals surface area contributed by atoms with Crippen LogP contribution >= 0.6 is 17.0 Å². The minimum atomic E-state index is -6.83. The first kappa shape index (κ1) is 53.6. The molecule has 0 aliphatic heterocycles. The third kappa shape index (κ3) is 7.99. The molecule has 4 aromatic rings. The van der Waals surface area contributed by atoms with Crippen LogP contribution in [0.15, 0.2) is 96.1 Å². The van der Waals surface area contributed by atoms with E-state index in [0.29, 0.717) is 40.7 Å². The molecule has 0 aromatic heterocycles.